The topological polar surface area (TPSA) is 40.5 Å². The third-order valence-corrected chi connectivity index (χ3v) is 3.20. The molecule has 0 saturated heterocycles. The number of anilines is 1. The fourth-order valence-electron chi connectivity index (χ4n) is 2.00. The Labute approximate surface area is 118 Å². The first kappa shape index (κ1) is 16.4. The first-order valence-electron chi connectivity index (χ1n) is 6.99. The van der Waals surface area contributed by atoms with Crippen molar-refractivity contribution in [3.05, 3.63) is 29.3 Å². The molecule has 3 nitrogen and oxygen atoms in total. The van der Waals surface area contributed by atoms with E-state index in [1.54, 1.807) is 4.90 Å². The van der Waals surface area contributed by atoms with Crippen LogP contribution in [0.25, 0.3) is 0 Å². The zero-order valence-electron chi connectivity index (χ0n) is 12.0. The fraction of sp³-hybridized carbons (Fsp3) is 0.533. The minimum Gasteiger partial charge on any atom is -0.478 e. The molecule has 1 aromatic carbocycles. The second kappa shape index (κ2) is 7.82. The van der Waals surface area contributed by atoms with Gasteiger partial charge in [-0.1, -0.05) is 26.7 Å². The van der Waals surface area contributed by atoms with Crippen molar-refractivity contribution in [2.45, 2.75) is 39.5 Å². The minimum atomic E-state index is -1.46. The Morgan fingerprint density at radius 2 is 1.65 bits per heavy atom. The van der Waals surface area contributed by atoms with Gasteiger partial charge in [-0.3, -0.25) is 0 Å². The van der Waals surface area contributed by atoms with Crippen LogP contribution >= 0.6 is 0 Å². The highest BCUT2D eigenvalue weighted by atomic mass is 19.2. The molecule has 1 aromatic rings. The molecule has 0 saturated carbocycles. The Morgan fingerprint density at radius 1 is 1.10 bits per heavy atom. The molecule has 0 amide bonds. The van der Waals surface area contributed by atoms with Crippen molar-refractivity contribution in [1.29, 1.82) is 0 Å². The van der Waals surface area contributed by atoms with Crippen molar-refractivity contribution in [3.63, 3.8) is 0 Å². The van der Waals surface area contributed by atoms with Gasteiger partial charge in [-0.25, -0.2) is 13.6 Å². The van der Waals surface area contributed by atoms with E-state index in [1.807, 2.05) is 13.8 Å². The maximum absolute atomic E-state index is 14.0. The van der Waals surface area contributed by atoms with Crippen LogP contribution in [0.5, 0.6) is 0 Å². The van der Waals surface area contributed by atoms with Crippen molar-refractivity contribution in [3.8, 4) is 0 Å². The Kier molecular flexibility index (Phi) is 6.42. The second-order valence-corrected chi connectivity index (χ2v) is 4.76. The highest BCUT2D eigenvalue weighted by Crippen LogP contribution is 2.25. The van der Waals surface area contributed by atoms with Gasteiger partial charge in [-0.15, -0.1) is 0 Å². The van der Waals surface area contributed by atoms with Gasteiger partial charge in [0.1, 0.15) is 0 Å². The molecule has 112 valence electrons. The Hall–Kier alpha value is -1.65. The molecule has 0 aliphatic heterocycles. The quantitative estimate of drug-likeness (QED) is 0.782. The van der Waals surface area contributed by atoms with E-state index in [4.69, 9.17) is 5.11 Å². The third kappa shape index (κ3) is 3.92. The van der Waals surface area contributed by atoms with Crippen LogP contribution in [0, 0.1) is 11.6 Å². The van der Waals surface area contributed by atoms with Crippen LogP contribution in [0.4, 0.5) is 14.5 Å². The number of carboxylic acid groups (broad SMARTS) is 1. The summed E-state index contributed by atoms with van der Waals surface area (Å²) in [7, 11) is 0. The number of halogens is 2. The highest BCUT2D eigenvalue weighted by Gasteiger charge is 2.20. The third-order valence-electron chi connectivity index (χ3n) is 3.20. The zero-order valence-corrected chi connectivity index (χ0v) is 12.0. The SMILES string of the molecule is CCCCN(CCCC)c1ccc(C(=O)O)c(F)c1F. The number of carboxylic acids is 1. The van der Waals surface area contributed by atoms with Gasteiger partial charge in [0, 0.05) is 13.1 Å². The van der Waals surface area contributed by atoms with Crippen LogP contribution in [0.15, 0.2) is 12.1 Å². The molecule has 0 fully saturated rings. The molecule has 0 spiro atoms. The Balaban J connectivity index is 3.06. The van der Waals surface area contributed by atoms with Gasteiger partial charge in [0.25, 0.3) is 0 Å². The van der Waals surface area contributed by atoms with Gasteiger partial charge >= 0.3 is 5.97 Å². The van der Waals surface area contributed by atoms with Crippen LogP contribution in [0.2, 0.25) is 0 Å². The molecule has 20 heavy (non-hydrogen) atoms. The van der Waals surface area contributed by atoms with Gasteiger partial charge in [0.15, 0.2) is 11.6 Å². The molecule has 1 rings (SSSR count). The summed E-state index contributed by atoms with van der Waals surface area (Å²) in [4.78, 5) is 12.6. The molecule has 5 heteroatoms. The maximum Gasteiger partial charge on any atom is 0.338 e. The van der Waals surface area contributed by atoms with Gasteiger partial charge < -0.3 is 10.0 Å². The summed E-state index contributed by atoms with van der Waals surface area (Å²) >= 11 is 0. The summed E-state index contributed by atoms with van der Waals surface area (Å²) in [5.41, 5.74) is -0.480. The highest BCUT2D eigenvalue weighted by molar-refractivity contribution is 5.88. The molecule has 0 bridgehead atoms. The summed E-state index contributed by atoms with van der Waals surface area (Å²) in [6, 6.07) is 2.48. The Bertz CT molecular complexity index is 455. The van der Waals surface area contributed by atoms with E-state index in [1.165, 1.54) is 6.07 Å². The van der Waals surface area contributed by atoms with E-state index < -0.39 is 23.2 Å². The summed E-state index contributed by atoms with van der Waals surface area (Å²) in [5, 5.41) is 8.78. The maximum atomic E-state index is 14.0. The number of rotatable bonds is 8. The van der Waals surface area contributed by atoms with E-state index in [-0.39, 0.29) is 5.69 Å². The summed E-state index contributed by atoms with van der Waals surface area (Å²) < 4.78 is 27.8. The van der Waals surface area contributed by atoms with Gasteiger partial charge in [0.2, 0.25) is 0 Å². The average molecular weight is 285 g/mol. The molecular weight excluding hydrogens is 264 g/mol. The zero-order chi connectivity index (χ0) is 15.1. The lowest BCUT2D eigenvalue weighted by atomic mass is 10.1. The molecule has 0 aliphatic rings. The summed E-state index contributed by atoms with van der Waals surface area (Å²) in [6.45, 7) is 5.34. The van der Waals surface area contributed by atoms with E-state index >= 15 is 0 Å². The minimum absolute atomic E-state index is 0.148. The van der Waals surface area contributed by atoms with E-state index in [9.17, 15) is 13.6 Å². The number of unbranched alkanes of at least 4 members (excludes halogenated alkanes) is 2. The molecule has 0 aromatic heterocycles. The number of hydrogen-bond acceptors (Lipinski definition) is 2. The second-order valence-electron chi connectivity index (χ2n) is 4.76. The van der Waals surface area contributed by atoms with E-state index in [0.717, 1.165) is 31.7 Å². The molecule has 0 heterocycles. The first-order valence-corrected chi connectivity index (χ1v) is 6.99. The van der Waals surface area contributed by atoms with Crippen molar-refractivity contribution in [1.82, 2.24) is 0 Å². The molecule has 0 unspecified atom stereocenters. The molecule has 0 atom stereocenters. The summed E-state index contributed by atoms with van der Waals surface area (Å²) in [5.74, 6) is -3.81. The molecule has 0 radical (unpaired) electrons. The predicted molar refractivity (Wildman–Crippen MR) is 75.3 cm³/mol. The molecule has 1 N–H and O–H groups in total. The fourth-order valence-corrected chi connectivity index (χ4v) is 2.00. The van der Waals surface area contributed by atoms with Gasteiger partial charge in [-0.05, 0) is 25.0 Å². The van der Waals surface area contributed by atoms with Crippen LogP contribution < -0.4 is 4.90 Å². The lowest BCUT2D eigenvalue weighted by Gasteiger charge is -2.25. The standard InChI is InChI=1S/C15H21F2NO2/c1-3-5-9-18(10-6-4-2)12-8-7-11(15(19)20)13(16)14(12)17/h7-8H,3-6,9-10H2,1-2H3,(H,19,20). The molecular formula is C15H21F2NO2. The van der Waals surface area contributed by atoms with Crippen LogP contribution in [0.1, 0.15) is 49.9 Å². The lowest BCUT2D eigenvalue weighted by molar-refractivity contribution is 0.0690. The first-order chi connectivity index (χ1) is 9.52. The number of hydrogen-bond donors (Lipinski definition) is 1. The van der Waals surface area contributed by atoms with Crippen molar-refractivity contribution < 1.29 is 18.7 Å². The van der Waals surface area contributed by atoms with E-state index in [2.05, 4.69) is 0 Å². The number of carbonyl (C=O) groups is 1. The average Bonchev–Trinajstić information content (AvgIpc) is 2.42. The Morgan fingerprint density at radius 3 is 2.10 bits per heavy atom. The molecule has 0 aliphatic carbocycles. The number of aromatic carboxylic acids is 1. The van der Waals surface area contributed by atoms with Crippen molar-refractivity contribution in [2.24, 2.45) is 0 Å². The van der Waals surface area contributed by atoms with Crippen LogP contribution in [-0.2, 0) is 0 Å². The lowest BCUT2D eigenvalue weighted by Crippen LogP contribution is -2.27. The van der Waals surface area contributed by atoms with Crippen molar-refractivity contribution >= 4 is 11.7 Å². The normalized spacial score (nSPS) is 10.6. The van der Waals surface area contributed by atoms with Crippen LogP contribution in [0.3, 0.4) is 0 Å². The largest absolute Gasteiger partial charge is 0.478 e. The monoisotopic (exact) mass is 285 g/mol. The number of benzene rings is 1. The van der Waals surface area contributed by atoms with E-state index in [0.29, 0.717) is 13.1 Å². The van der Waals surface area contributed by atoms with Crippen molar-refractivity contribution in [2.75, 3.05) is 18.0 Å². The van der Waals surface area contributed by atoms with Crippen LogP contribution in [-0.4, -0.2) is 24.2 Å². The van der Waals surface area contributed by atoms with Gasteiger partial charge in [0.05, 0.1) is 11.3 Å². The summed E-state index contributed by atoms with van der Waals surface area (Å²) in [6.07, 6.45) is 3.68. The smallest absolute Gasteiger partial charge is 0.338 e. The number of nitrogens with zero attached hydrogens (tertiary/aromatic N) is 1. The van der Waals surface area contributed by atoms with Gasteiger partial charge in [-0.2, -0.15) is 0 Å². The predicted octanol–water partition coefficient (Wildman–Crippen LogP) is 4.07.